The second-order valence-electron chi connectivity index (χ2n) is 6.19. The number of aryl methyl sites for hydroxylation is 2. The number of aromatic nitrogens is 3. The van der Waals surface area contributed by atoms with E-state index in [1.165, 1.54) is 28.8 Å². The summed E-state index contributed by atoms with van der Waals surface area (Å²) in [7, 11) is 0. The van der Waals surface area contributed by atoms with E-state index in [1.807, 2.05) is 0 Å². The Balaban J connectivity index is 1.62. The van der Waals surface area contributed by atoms with E-state index in [-0.39, 0.29) is 5.75 Å². The molecule has 4 rings (SSSR count). The Bertz CT molecular complexity index is 1180. The second-order valence-corrected chi connectivity index (χ2v) is 6.19. The van der Waals surface area contributed by atoms with Crippen LogP contribution in [0, 0.1) is 0 Å². The molecule has 0 amide bonds. The van der Waals surface area contributed by atoms with Crippen molar-refractivity contribution in [1.82, 2.24) is 14.5 Å². The van der Waals surface area contributed by atoms with Crippen molar-refractivity contribution in [2.24, 2.45) is 0 Å². The van der Waals surface area contributed by atoms with Crippen molar-refractivity contribution >= 4 is 11.1 Å². The lowest BCUT2D eigenvalue weighted by Crippen LogP contribution is -2.16. The van der Waals surface area contributed by atoms with E-state index < -0.39 is 12.1 Å². The lowest BCUT2D eigenvalue weighted by Gasteiger charge is -2.09. The number of halogens is 3. The molecular formula is C20H14F3N3O3. The molecule has 0 N–H and O–H groups in total. The van der Waals surface area contributed by atoms with Crippen LogP contribution in [-0.4, -0.2) is 20.9 Å². The lowest BCUT2D eigenvalue weighted by molar-refractivity contribution is -0.274. The topological polar surface area (TPSA) is 70.2 Å². The van der Waals surface area contributed by atoms with E-state index in [0.717, 1.165) is 5.56 Å². The zero-order valence-electron chi connectivity index (χ0n) is 14.9. The highest BCUT2D eigenvalue weighted by atomic mass is 19.4. The van der Waals surface area contributed by atoms with Gasteiger partial charge in [-0.1, -0.05) is 18.2 Å². The molecule has 0 radical (unpaired) electrons. The quantitative estimate of drug-likeness (QED) is 0.502. The van der Waals surface area contributed by atoms with Crippen LogP contribution in [0.5, 0.6) is 5.75 Å². The summed E-state index contributed by atoms with van der Waals surface area (Å²) < 4.78 is 47.6. The average Bonchev–Trinajstić information content (AvgIpc) is 3.01. The van der Waals surface area contributed by atoms with Gasteiger partial charge in [-0.25, -0.2) is 14.8 Å². The number of benzene rings is 2. The fourth-order valence-electron chi connectivity index (χ4n) is 2.97. The van der Waals surface area contributed by atoms with Crippen LogP contribution >= 0.6 is 0 Å². The van der Waals surface area contributed by atoms with Crippen LogP contribution < -0.4 is 10.5 Å². The van der Waals surface area contributed by atoms with Crippen molar-refractivity contribution in [2.75, 3.05) is 0 Å². The molecule has 0 aliphatic rings. The van der Waals surface area contributed by atoms with Gasteiger partial charge in [-0.15, -0.1) is 13.2 Å². The number of nitrogens with zero attached hydrogens (tertiary/aromatic N) is 3. The van der Waals surface area contributed by atoms with Gasteiger partial charge in [-0.2, -0.15) is 0 Å². The fraction of sp³-hybridized carbons (Fsp3) is 0.150. The molecule has 2 heterocycles. The fourth-order valence-corrected chi connectivity index (χ4v) is 2.97. The Morgan fingerprint density at radius 2 is 1.69 bits per heavy atom. The summed E-state index contributed by atoms with van der Waals surface area (Å²) >= 11 is 0. The SMILES string of the molecule is O=c1oc2ccc(-c3ccc(OC(F)(F)F)cc3)cc2n1CCc1ncccn1. The average molecular weight is 401 g/mol. The van der Waals surface area contributed by atoms with Gasteiger partial charge in [0.15, 0.2) is 5.58 Å². The van der Waals surface area contributed by atoms with Gasteiger partial charge >= 0.3 is 12.1 Å². The third-order valence-corrected chi connectivity index (χ3v) is 4.27. The standard InChI is InChI=1S/C20H14F3N3O3/c21-20(22,23)29-15-5-2-13(3-6-15)14-4-7-17-16(12-14)26(19(27)28-17)11-8-18-24-9-1-10-25-18/h1-7,9-10,12H,8,11H2. The van der Waals surface area contributed by atoms with E-state index in [4.69, 9.17) is 4.42 Å². The van der Waals surface area contributed by atoms with Crippen molar-refractivity contribution in [1.29, 1.82) is 0 Å². The van der Waals surface area contributed by atoms with Crippen LogP contribution in [0.2, 0.25) is 0 Å². The van der Waals surface area contributed by atoms with E-state index >= 15 is 0 Å². The summed E-state index contributed by atoms with van der Waals surface area (Å²) in [6, 6.07) is 12.4. The monoisotopic (exact) mass is 401 g/mol. The Hall–Kier alpha value is -3.62. The molecule has 0 atom stereocenters. The van der Waals surface area contributed by atoms with Gasteiger partial charge in [-0.05, 0) is 41.5 Å². The van der Waals surface area contributed by atoms with Crippen LogP contribution in [0.1, 0.15) is 5.82 Å². The van der Waals surface area contributed by atoms with Gasteiger partial charge in [0.2, 0.25) is 0 Å². The maximum absolute atomic E-state index is 12.3. The first-order valence-electron chi connectivity index (χ1n) is 8.64. The van der Waals surface area contributed by atoms with Gasteiger partial charge in [-0.3, -0.25) is 4.57 Å². The molecule has 4 aromatic rings. The summed E-state index contributed by atoms with van der Waals surface area (Å²) in [5.74, 6) is -0.197. The van der Waals surface area contributed by atoms with Crippen molar-refractivity contribution in [2.45, 2.75) is 19.3 Å². The number of fused-ring (bicyclic) bond motifs is 1. The zero-order valence-corrected chi connectivity index (χ0v) is 14.9. The number of hydrogen-bond donors (Lipinski definition) is 0. The minimum Gasteiger partial charge on any atom is -0.408 e. The van der Waals surface area contributed by atoms with E-state index in [2.05, 4.69) is 14.7 Å². The predicted molar refractivity (Wildman–Crippen MR) is 98.3 cm³/mol. The molecule has 0 spiro atoms. The third kappa shape index (κ3) is 4.29. The van der Waals surface area contributed by atoms with Gasteiger partial charge in [0.1, 0.15) is 11.6 Å². The van der Waals surface area contributed by atoms with Crippen molar-refractivity contribution in [3.8, 4) is 16.9 Å². The van der Waals surface area contributed by atoms with Gasteiger partial charge in [0, 0.05) is 25.4 Å². The van der Waals surface area contributed by atoms with Crippen LogP contribution in [-0.2, 0) is 13.0 Å². The normalized spacial score (nSPS) is 11.7. The van der Waals surface area contributed by atoms with Gasteiger partial charge in [0.25, 0.3) is 0 Å². The Morgan fingerprint density at radius 3 is 2.38 bits per heavy atom. The summed E-state index contributed by atoms with van der Waals surface area (Å²) in [5.41, 5.74) is 2.40. The molecule has 0 bridgehead atoms. The molecule has 0 saturated heterocycles. The highest BCUT2D eigenvalue weighted by Gasteiger charge is 2.30. The molecule has 0 aliphatic heterocycles. The molecule has 0 aliphatic carbocycles. The molecule has 6 nitrogen and oxygen atoms in total. The molecule has 29 heavy (non-hydrogen) atoms. The Kier molecular flexibility index (Phi) is 4.79. The van der Waals surface area contributed by atoms with Gasteiger partial charge < -0.3 is 9.15 Å². The number of oxazole rings is 1. The van der Waals surface area contributed by atoms with Crippen LogP contribution in [0.25, 0.3) is 22.2 Å². The highest BCUT2D eigenvalue weighted by Crippen LogP contribution is 2.28. The summed E-state index contributed by atoms with van der Waals surface area (Å²) in [6.07, 6.45) is -1.04. The number of hydrogen-bond acceptors (Lipinski definition) is 5. The van der Waals surface area contributed by atoms with Gasteiger partial charge in [0.05, 0.1) is 5.52 Å². The van der Waals surface area contributed by atoms with E-state index in [0.29, 0.717) is 35.5 Å². The Labute approximate surface area is 162 Å². The molecule has 0 unspecified atom stereocenters. The van der Waals surface area contributed by atoms with Crippen LogP contribution in [0.4, 0.5) is 13.2 Å². The van der Waals surface area contributed by atoms with Crippen LogP contribution in [0.3, 0.4) is 0 Å². The lowest BCUT2D eigenvalue weighted by atomic mass is 10.1. The third-order valence-electron chi connectivity index (χ3n) is 4.27. The second kappa shape index (κ2) is 7.42. The molecule has 0 saturated carbocycles. The number of ether oxygens (including phenoxy) is 1. The molecule has 9 heteroatoms. The maximum atomic E-state index is 12.3. The molecule has 2 aromatic carbocycles. The van der Waals surface area contributed by atoms with Crippen molar-refractivity contribution in [3.05, 3.63) is 77.3 Å². The minimum atomic E-state index is -4.74. The Morgan fingerprint density at radius 1 is 1.00 bits per heavy atom. The van der Waals surface area contributed by atoms with Crippen LogP contribution in [0.15, 0.2) is 70.1 Å². The first kappa shape index (κ1) is 18.7. The first-order chi connectivity index (χ1) is 13.9. The number of rotatable bonds is 5. The molecule has 2 aromatic heterocycles. The number of alkyl halides is 3. The van der Waals surface area contributed by atoms with Crippen molar-refractivity contribution < 1.29 is 22.3 Å². The largest absolute Gasteiger partial charge is 0.573 e. The van der Waals surface area contributed by atoms with E-state index in [1.54, 1.807) is 36.7 Å². The zero-order chi connectivity index (χ0) is 20.4. The molecule has 148 valence electrons. The van der Waals surface area contributed by atoms with Crippen molar-refractivity contribution in [3.63, 3.8) is 0 Å². The summed E-state index contributed by atoms with van der Waals surface area (Å²) in [6.45, 7) is 0.331. The highest BCUT2D eigenvalue weighted by molar-refractivity contribution is 5.80. The first-order valence-corrected chi connectivity index (χ1v) is 8.64. The molecular weight excluding hydrogens is 387 g/mol. The maximum Gasteiger partial charge on any atom is 0.573 e. The van der Waals surface area contributed by atoms with E-state index in [9.17, 15) is 18.0 Å². The smallest absolute Gasteiger partial charge is 0.408 e. The summed E-state index contributed by atoms with van der Waals surface area (Å²) in [4.78, 5) is 20.5. The molecule has 0 fully saturated rings. The minimum absolute atomic E-state index is 0.301. The summed E-state index contributed by atoms with van der Waals surface area (Å²) in [5, 5.41) is 0. The predicted octanol–water partition coefficient (Wildman–Crippen LogP) is 4.19.